The van der Waals surface area contributed by atoms with Gasteiger partial charge in [0.05, 0.1) is 13.0 Å². The highest BCUT2D eigenvalue weighted by Crippen LogP contribution is 2.35. The summed E-state index contributed by atoms with van der Waals surface area (Å²) in [5.41, 5.74) is 10.4. The van der Waals surface area contributed by atoms with Gasteiger partial charge in [-0.2, -0.15) is 0 Å². The van der Waals surface area contributed by atoms with E-state index >= 15 is 0 Å². The van der Waals surface area contributed by atoms with Crippen LogP contribution >= 0.6 is 0 Å². The predicted molar refractivity (Wildman–Crippen MR) is 75.6 cm³/mol. The molecule has 0 spiro atoms. The minimum atomic E-state index is -0.823. The van der Waals surface area contributed by atoms with Crippen LogP contribution in [0.15, 0.2) is 6.07 Å². The molecule has 0 saturated heterocycles. The summed E-state index contributed by atoms with van der Waals surface area (Å²) >= 11 is 0. The molecule has 106 valence electrons. The Bertz CT molecular complexity index is 483. The first kappa shape index (κ1) is 15.5. The van der Waals surface area contributed by atoms with Crippen LogP contribution in [0.5, 0.6) is 5.75 Å². The van der Waals surface area contributed by atoms with Crippen LogP contribution in [0.3, 0.4) is 0 Å². The second kappa shape index (κ2) is 6.06. The van der Waals surface area contributed by atoms with Crippen molar-refractivity contribution in [3.8, 4) is 5.75 Å². The van der Waals surface area contributed by atoms with Gasteiger partial charge in [0.2, 0.25) is 0 Å². The van der Waals surface area contributed by atoms with Crippen molar-refractivity contribution in [2.45, 2.75) is 40.2 Å². The topological polar surface area (TPSA) is 72.5 Å². The molecule has 1 aromatic carbocycles. The molecule has 1 aromatic rings. The van der Waals surface area contributed by atoms with Crippen molar-refractivity contribution in [2.75, 3.05) is 7.11 Å². The Hall–Kier alpha value is -1.55. The van der Waals surface area contributed by atoms with Crippen LogP contribution < -0.4 is 10.5 Å². The molecular weight excluding hydrogens is 242 g/mol. The van der Waals surface area contributed by atoms with Crippen molar-refractivity contribution >= 4 is 5.97 Å². The molecule has 0 radical (unpaired) electrons. The second-order valence-electron chi connectivity index (χ2n) is 5.16. The Kier molecular flexibility index (Phi) is 4.95. The summed E-state index contributed by atoms with van der Waals surface area (Å²) in [7, 11) is 1.62. The van der Waals surface area contributed by atoms with Gasteiger partial charge in [-0.15, -0.1) is 0 Å². The number of carboxylic acids is 1. The quantitative estimate of drug-likeness (QED) is 0.858. The molecule has 2 atom stereocenters. The highest BCUT2D eigenvalue weighted by molar-refractivity contribution is 5.69. The van der Waals surface area contributed by atoms with Crippen molar-refractivity contribution < 1.29 is 14.6 Å². The molecule has 3 N–H and O–H groups in total. The molecule has 0 saturated carbocycles. The first-order chi connectivity index (χ1) is 8.79. The molecule has 0 aliphatic carbocycles. The molecule has 0 aliphatic heterocycles. The van der Waals surface area contributed by atoms with Crippen LogP contribution in [0.1, 0.15) is 41.6 Å². The van der Waals surface area contributed by atoms with E-state index in [4.69, 9.17) is 15.6 Å². The van der Waals surface area contributed by atoms with Crippen LogP contribution in [0.25, 0.3) is 0 Å². The number of aliphatic carboxylic acids is 1. The highest BCUT2D eigenvalue weighted by Gasteiger charge is 2.22. The fraction of sp³-hybridized carbons (Fsp3) is 0.533. The van der Waals surface area contributed by atoms with Gasteiger partial charge in [-0.1, -0.05) is 13.0 Å². The lowest BCUT2D eigenvalue weighted by molar-refractivity contribution is -0.141. The molecule has 19 heavy (non-hydrogen) atoms. The van der Waals surface area contributed by atoms with Crippen LogP contribution in [-0.4, -0.2) is 18.2 Å². The zero-order valence-corrected chi connectivity index (χ0v) is 12.3. The molecule has 0 fully saturated rings. The number of hydrogen-bond donors (Lipinski definition) is 2. The number of nitrogens with two attached hydrogens (primary N) is 1. The van der Waals surface area contributed by atoms with E-state index in [1.807, 2.05) is 20.8 Å². The Balaban J connectivity index is 3.19. The van der Waals surface area contributed by atoms with E-state index in [0.29, 0.717) is 6.42 Å². The summed E-state index contributed by atoms with van der Waals surface area (Å²) < 4.78 is 5.47. The zero-order valence-electron chi connectivity index (χ0n) is 12.3. The van der Waals surface area contributed by atoms with Crippen molar-refractivity contribution in [3.63, 3.8) is 0 Å². The summed E-state index contributed by atoms with van der Waals surface area (Å²) in [4.78, 5) is 10.9. The van der Waals surface area contributed by atoms with Crippen molar-refractivity contribution in [1.29, 1.82) is 0 Å². The molecule has 1 rings (SSSR count). The molecule has 0 amide bonds. The molecular formula is C15H23NO3. The van der Waals surface area contributed by atoms with Crippen LogP contribution in [-0.2, 0) is 4.79 Å². The van der Waals surface area contributed by atoms with E-state index in [1.165, 1.54) is 0 Å². The molecule has 4 heteroatoms. The Morgan fingerprint density at radius 1 is 1.37 bits per heavy atom. The van der Waals surface area contributed by atoms with Gasteiger partial charge in [-0.3, -0.25) is 4.79 Å². The maximum Gasteiger partial charge on any atom is 0.306 e. The summed E-state index contributed by atoms with van der Waals surface area (Å²) in [6, 6.07) is 1.73. The molecule has 2 unspecified atom stereocenters. The predicted octanol–water partition coefficient (Wildman–Crippen LogP) is 2.73. The van der Waals surface area contributed by atoms with Crippen LogP contribution in [0.2, 0.25) is 0 Å². The molecule has 0 bridgehead atoms. The van der Waals surface area contributed by atoms with Gasteiger partial charge >= 0.3 is 5.97 Å². The van der Waals surface area contributed by atoms with Gasteiger partial charge in [0.15, 0.2) is 0 Å². The van der Waals surface area contributed by atoms with Crippen molar-refractivity contribution in [2.24, 2.45) is 11.7 Å². The third-order valence-electron chi connectivity index (χ3n) is 3.64. The average molecular weight is 265 g/mol. The second-order valence-corrected chi connectivity index (χ2v) is 5.16. The Labute approximate surface area is 114 Å². The number of methoxy groups -OCH3 is 1. The summed E-state index contributed by atoms with van der Waals surface area (Å²) in [6.07, 6.45) is 0.398. The molecule has 0 aliphatic rings. The monoisotopic (exact) mass is 265 g/mol. The summed E-state index contributed by atoms with van der Waals surface area (Å²) in [5.74, 6) is -0.515. The van der Waals surface area contributed by atoms with E-state index in [0.717, 1.165) is 28.0 Å². The molecule has 4 nitrogen and oxygen atoms in total. The van der Waals surface area contributed by atoms with Gasteiger partial charge in [0.25, 0.3) is 0 Å². The van der Waals surface area contributed by atoms with E-state index < -0.39 is 11.9 Å². The van der Waals surface area contributed by atoms with Crippen LogP contribution in [0, 0.1) is 26.7 Å². The van der Waals surface area contributed by atoms with Crippen molar-refractivity contribution in [1.82, 2.24) is 0 Å². The summed E-state index contributed by atoms with van der Waals surface area (Å²) in [5, 5.41) is 8.99. The van der Waals surface area contributed by atoms with Gasteiger partial charge < -0.3 is 15.6 Å². The van der Waals surface area contributed by atoms with Crippen molar-refractivity contribution in [3.05, 3.63) is 28.3 Å². The fourth-order valence-corrected chi connectivity index (χ4v) is 2.39. The van der Waals surface area contributed by atoms with Gasteiger partial charge in [-0.05, 0) is 43.9 Å². The lowest BCUT2D eigenvalue weighted by Crippen LogP contribution is -2.21. The lowest BCUT2D eigenvalue weighted by atomic mass is 9.90. The minimum absolute atomic E-state index is 0.333. The maximum absolute atomic E-state index is 10.9. The standard InChI is InChI=1S/C15H23NO3/c1-8-6-9(2)13(14(19-5)11(8)4)12(16)7-10(3)15(17)18/h6,10,12H,7,16H2,1-5H3,(H,17,18). The van der Waals surface area contributed by atoms with Gasteiger partial charge in [-0.25, -0.2) is 0 Å². The van der Waals surface area contributed by atoms with E-state index in [9.17, 15) is 4.79 Å². The fourth-order valence-electron chi connectivity index (χ4n) is 2.39. The lowest BCUT2D eigenvalue weighted by Gasteiger charge is -2.22. The zero-order chi connectivity index (χ0) is 14.7. The van der Waals surface area contributed by atoms with E-state index in [1.54, 1.807) is 14.0 Å². The van der Waals surface area contributed by atoms with Gasteiger partial charge in [0, 0.05) is 11.6 Å². The Morgan fingerprint density at radius 3 is 2.42 bits per heavy atom. The normalized spacial score (nSPS) is 14.0. The highest BCUT2D eigenvalue weighted by atomic mass is 16.5. The number of hydrogen-bond acceptors (Lipinski definition) is 3. The number of aryl methyl sites for hydroxylation is 2. The third-order valence-corrected chi connectivity index (χ3v) is 3.64. The third kappa shape index (κ3) is 3.26. The van der Waals surface area contributed by atoms with E-state index in [2.05, 4.69) is 6.07 Å². The smallest absolute Gasteiger partial charge is 0.306 e. The molecule has 0 aromatic heterocycles. The SMILES string of the molecule is COc1c(C)c(C)cc(C)c1C(N)CC(C)C(=O)O. The number of carbonyl (C=O) groups is 1. The van der Waals surface area contributed by atoms with Crippen LogP contribution in [0.4, 0.5) is 0 Å². The largest absolute Gasteiger partial charge is 0.496 e. The number of benzene rings is 1. The van der Waals surface area contributed by atoms with E-state index in [-0.39, 0.29) is 6.04 Å². The maximum atomic E-state index is 10.9. The Morgan fingerprint density at radius 2 is 1.95 bits per heavy atom. The first-order valence-corrected chi connectivity index (χ1v) is 6.42. The number of rotatable bonds is 5. The van der Waals surface area contributed by atoms with Gasteiger partial charge in [0.1, 0.15) is 5.75 Å². The average Bonchev–Trinajstić information content (AvgIpc) is 2.32. The number of ether oxygens (including phenoxy) is 1. The first-order valence-electron chi connectivity index (χ1n) is 6.42. The summed E-state index contributed by atoms with van der Waals surface area (Å²) in [6.45, 7) is 7.67. The minimum Gasteiger partial charge on any atom is -0.496 e. The number of carboxylic acid groups (broad SMARTS) is 1. The molecule has 0 heterocycles.